The summed E-state index contributed by atoms with van der Waals surface area (Å²) in [6.07, 6.45) is -4.84. The second kappa shape index (κ2) is 16.4. The van der Waals surface area contributed by atoms with Gasteiger partial charge in [-0.2, -0.15) is 31.6 Å². The first-order valence-electron chi connectivity index (χ1n) is 17.8. The molecule has 4 aromatic carbocycles. The van der Waals surface area contributed by atoms with Crippen molar-refractivity contribution in [3.8, 4) is 17.2 Å². The highest BCUT2D eigenvalue weighted by atomic mass is 19.4. The van der Waals surface area contributed by atoms with E-state index in [2.05, 4.69) is 53.9 Å². The number of halogens is 6. The summed E-state index contributed by atoms with van der Waals surface area (Å²) >= 11 is 0. The van der Waals surface area contributed by atoms with Crippen molar-refractivity contribution in [3.05, 3.63) is 150 Å². The third-order valence-electron chi connectivity index (χ3n) is 10.6. The van der Waals surface area contributed by atoms with Crippen LogP contribution in [0, 0.1) is 28.1 Å². The van der Waals surface area contributed by atoms with Crippen LogP contribution in [0.1, 0.15) is 60.9 Å². The van der Waals surface area contributed by atoms with Crippen LogP contribution < -0.4 is 10.6 Å². The van der Waals surface area contributed by atoms with E-state index in [0.717, 1.165) is 42.0 Å². The van der Waals surface area contributed by atoms with Gasteiger partial charge in [0.1, 0.15) is 0 Å². The molecule has 0 saturated carbocycles. The monoisotopic (exact) mass is 742 g/mol. The fourth-order valence-electron chi connectivity index (χ4n) is 7.17. The number of allylic oxidation sites excluding steroid dienone is 1. The third kappa shape index (κ3) is 9.25. The van der Waals surface area contributed by atoms with Crippen LogP contribution in [0.5, 0.6) is 0 Å². The van der Waals surface area contributed by atoms with Gasteiger partial charge in [-0.25, -0.2) is 0 Å². The summed E-state index contributed by atoms with van der Waals surface area (Å²) in [6, 6.07) is 30.7. The minimum Gasteiger partial charge on any atom is -0.391 e. The predicted molar refractivity (Wildman–Crippen MR) is 204 cm³/mol. The molecule has 0 aromatic heterocycles. The Morgan fingerprint density at radius 2 is 1.57 bits per heavy atom. The molecule has 1 aliphatic rings. The summed E-state index contributed by atoms with van der Waals surface area (Å²) in [6.45, 7) is 11.8. The van der Waals surface area contributed by atoms with E-state index in [4.69, 9.17) is 0 Å². The quantitative estimate of drug-likeness (QED) is 0.0942. The van der Waals surface area contributed by atoms with Gasteiger partial charge in [-0.15, -0.1) is 0 Å². The highest BCUT2D eigenvalue weighted by Crippen LogP contribution is 2.46. The second-order valence-corrected chi connectivity index (χ2v) is 14.5. The topological polar surface area (TPSA) is 60.2 Å². The largest absolute Gasteiger partial charge is 0.417 e. The van der Waals surface area contributed by atoms with E-state index in [-0.39, 0.29) is 24.6 Å². The van der Waals surface area contributed by atoms with Crippen LogP contribution in [0.25, 0.3) is 11.1 Å². The molecule has 4 aromatic rings. The smallest absolute Gasteiger partial charge is 0.391 e. The standard InChI is InChI=1S/C44H44F6N4/c1-5-52-23-22-37(20-14-31-10-7-6-8-11-31)42(4,30(2)54-38-21-19-36(28-51)39(25-38)43(45,46)47)26-32-12-9-13-35(24-32)33-15-17-34(18-16-33)40-27-41(3,29-53-40)44(48,49)50/h5-13,15-19,21,24-25,37,52,54H,1-2,14,20,22-23,26-27,29H2,3-4H3. The molecule has 1 aliphatic heterocycles. The number of aryl methyl sites for hydroxylation is 1. The Balaban J connectivity index is 1.46. The first-order chi connectivity index (χ1) is 25.6. The molecule has 0 saturated heterocycles. The van der Waals surface area contributed by atoms with E-state index < -0.39 is 34.3 Å². The van der Waals surface area contributed by atoms with Crippen molar-refractivity contribution < 1.29 is 26.3 Å². The predicted octanol–water partition coefficient (Wildman–Crippen LogP) is 11.6. The third-order valence-corrected chi connectivity index (χ3v) is 10.6. The molecule has 1 heterocycles. The molecular weight excluding hydrogens is 698 g/mol. The average Bonchev–Trinajstić information content (AvgIpc) is 3.56. The van der Waals surface area contributed by atoms with Crippen molar-refractivity contribution in [2.24, 2.45) is 21.7 Å². The number of nitrogens with one attached hydrogen (secondary N) is 2. The Labute approximate surface area is 313 Å². The Bertz CT molecular complexity index is 2010. The van der Waals surface area contributed by atoms with Crippen LogP contribution in [0.4, 0.5) is 32.0 Å². The maximum atomic E-state index is 13.9. The molecule has 0 radical (unpaired) electrons. The Hall–Kier alpha value is -5.30. The Morgan fingerprint density at radius 3 is 2.20 bits per heavy atom. The molecule has 3 atom stereocenters. The lowest BCUT2D eigenvalue weighted by Gasteiger charge is -2.41. The fourth-order valence-corrected chi connectivity index (χ4v) is 7.17. The van der Waals surface area contributed by atoms with E-state index in [1.165, 1.54) is 24.6 Å². The summed E-state index contributed by atoms with van der Waals surface area (Å²) in [4.78, 5) is 4.23. The summed E-state index contributed by atoms with van der Waals surface area (Å²) in [7, 11) is 0. The second-order valence-electron chi connectivity index (χ2n) is 14.5. The Kier molecular flexibility index (Phi) is 12.1. The van der Waals surface area contributed by atoms with Crippen LogP contribution in [-0.4, -0.2) is 25.0 Å². The number of benzene rings is 4. The van der Waals surface area contributed by atoms with Gasteiger partial charge in [0, 0.05) is 35.5 Å². The molecule has 10 heteroatoms. The molecule has 0 fully saturated rings. The molecule has 5 rings (SSSR count). The van der Waals surface area contributed by atoms with E-state index in [1.54, 1.807) is 24.4 Å². The minimum atomic E-state index is -4.71. The normalized spacial score (nSPS) is 17.5. The number of hydrogen-bond donors (Lipinski definition) is 2. The molecule has 3 unspecified atom stereocenters. The molecule has 282 valence electrons. The van der Waals surface area contributed by atoms with E-state index in [0.29, 0.717) is 29.9 Å². The van der Waals surface area contributed by atoms with Crippen molar-refractivity contribution in [2.45, 2.75) is 58.3 Å². The first kappa shape index (κ1) is 39.9. The number of rotatable bonds is 15. The number of aliphatic imine (C=N–C) groups is 1. The van der Waals surface area contributed by atoms with Crippen LogP contribution in [-0.2, 0) is 19.0 Å². The average molecular weight is 743 g/mol. The molecule has 2 N–H and O–H groups in total. The number of anilines is 1. The number of alkyl halides is 6. The zero-order chi connectivity index (χ0) is 39.1. The summed E-state index contributed by atoms with van der Waals surface area (Å²) in [5.41, 5.74) is 1.70. The maximum absolute atomic E-state index is 13.9. The number of nitrogens with zero attached hydrogens (tertiary/aromatic N) is 2. The lowest BCUT2D eigenvalue weighted by Crippen LogP contribution is -2.36. The van der Waals surface area contributed by atoms with Gasteiger partial charge in [-0.1, -0.05) is 98.9 Å². The molecule has 0 spiro atoms. The molecule has 4 nitrogen and oxygen atoms in total. The van der Waals surface area contributed by atoms with Gasteiger partial charge >= 0.3 is 12.4 Å². The molecule has 0 aliphatic carbocycles. The molecule has 0 amide bonds. The van der Waals surface area contributed by atoms with Gasteiger partial charge in [0.15, 0.2) is 0 Å². The fraction of sp³-hybridized carbons (Fsp3) is 0.318. The van der Waals surface area contributed by atoms with Crippen LogP contribution in [0.15, 0.2) is 127 Å². The van der Waals surface area contributed by atoms with Crippen molar-refractivity contribution in [3.63, 3.8) is 0 Å². The van der Waals surface area contributed by atoms with Crippen LogP contribution in [0.3, 0.4) is 0 Å². The SMILES string of the molecule is C=CNCCC(CCc1ccccc1)C(C)(Cc1cccc(-c2ccc(C3=NCC(C)(C(F)(F)F)C3)cc2)c1)C(=C)Nc1ccc(C#N)c(C(F)(F)F)c1. The first-order valence-corrected chi connectivity index (χ1v) is 17.8. The zero-order valence-corrected chi connectivity index (χ0v) is 30.4. The van der Waals surface area contributed by atoms with E-state index >= 15 is 0 Å². The van der Waals surface area contributed by atoms with Crippen molar-refractivity contribution in [1.82, 2.24) is 5.32 Å². The summed E-state index contributed by atoms with van der Waals surface area (Å²) in [5, 5.41) is 15.7. The lowest BCUT2D eigenvalue weighted by atomic mass is 9.67. The van der Waals surface area contributed by atoms with Crippen molar-refractivity contribution in [1.29, 1.82) is 5.26 Å². The highest BCUT2D eigenvalue weighted by Gasteiger charge is 2.53. The lowest BCUT2D eigenvalue weighted by molar-refractivity contribution is -0.209. The van der Waals surface area contributed by atoms with Gasteiger partial charge in [-0.05, 0) is 90.7 Å². The van der Waals surface area contributed by atoms with Gasteiger partial charge in [0.25, 0.3) is 0 Å². The highest BCUT2D eigenvalue weighted by molar-refractivity contribution is 6.02. The molecular formula is C44H44F6N4. The van der Waals surface area contributed by atoms with Gasteiger partial charge in [-0.3, -0.25) is 4.99 Å². The van der Waals surface area contributed by atoms with Gasteiger partial charge in [0.05, 0.1) is 29.2 Å². The van der Waals surface area contributed by atoms with Crippen LogP contribution in [0.2, 0.25) is 0 Å². The van der Waals surface area contributed by atoms with Crippen LogP contribution >= 0.6 is 0 Å². The van der Waals surface area contributed by atoms with Crippen molar-refractivity contribution >= 4 is 11.4 Å². The van der Waals surface area contributed by atoms with Crippen molar-refractivity contribution in [2.75, 3.05) is 18.4 Å². The summed E-state index contributed by atoms with van der Waals surface area (Å²) < 4.78 is 82.7. The van der Waals surface area contributed by atoms with E-state index in [9.17, 15) is 31.6 Å². The molecule has 54 heavy (non-hydrogen) atoms. The Morgan fingerprint density at radius 1 is 0.889 bits per heavy atom. The van der Waals surface area contributed by atoms with Gasteiger partial charge in [0.2, 0.25) is 0 Å². The summed E-state index contributed by atoms with van der Waals surface area (Å²) in [5.74, 6) is 0.00290. The number of nitriles is 1. The number of hydrogen-bond acceptors (Lipinski definition) is 4. The van der Waals surface area contributed by atoms with Gasteiger partial charge < -0.3 is 10.6 Å². The zero-order valence-electron chi connectivity index (χ0n) is 30.4. The molecule has 0 bridgehead atoms. The van der Waals surface area contributed by atoms with E-state index in [1.807, 2.05) is 48.5 Å². The minimum absolute atomic E-state index is 0.00290. The maximum Gasteiger partial charge on any atom is 0.417 e.